The predicted octanol–water partition coefficient (Wildman–Crippen LogP) is 4.53. The minimum Gasteiger partial charge on any atom is -0.355 e. The van der Waals surface area contributed by atoms with Gasteiger partial charge in [-0.3, -0.25) is 9.59 Å². The summed E-state index contributed by atoms with van der Waals surface area (Å²) in [6.07, 6.45) is 8.44. The van der Waals surface area contributed by atoms with Crippen LogP contribution in [0.3, 0.4) is 0 Å². The van der Waals surface area contributed by atoms with Crippen LogP contribution in [0.25, 0.3) is 10.6 Å². The lowest BCUT2D eigenvalue weighted by molar-refractivity contribution is -0.126. The number of hydrogen-bond acceptors (Lipinski definition) is 4. The number of hydrogen-bond donors (Lipinski definition) is 2. The zero-order valence-electron chi connectivity index (χ0n) is 17.1. The Labute approximate surface area is 180 Å². The van der Waals surface area contributed by atoms with Crippen LogP contribution in [-0.2, 0) is 16.0 Å². The predicted molar refractivity (Wildman–Crippen MR) is 116 cm³/mol. The van der Waals surface area contributed by atoms with Gasteiger partial charge in [-0.1, -0.05) is 19.3 Å². The summed E-state index contributed by atoms with van der Waals surface area (Å²) in [6.45, 7) is 0.379. The van der Waals surface area contributed by atoms with Crippen molar-refractivity contribution >= 4 is 23.2 Å². The number of rotatable bonds is 6. The molecule has 0 saturated heterocycles. The topological polar surface area (TPSA) is 71.1 Å². The number of benzene rings is 1. The third kappa shape index (κ3) is 5.06. The van der Waals surface area contributed by atoms with Crippen LogP contribution in [0.15, 0.2) is 24.3 Å². The Morgan fingerprint density at radius 3 is 2.60 bits per heavy atom. The second kappa shape index (κ2) is 9.69. The monoisotopic (exact) mass is 429 g/mol. The van der Waals surface area contributed by atoms with E-state index in [0.717, 1.165) is 66.1 Å². The summed E-state index contributed by atoms with van der Waals surface area (Å²) in [6, 6.07) is 6.32. The fourth-order valence-corrected chi connectivity index (χ4v) is 5.55. The molecule has 2 N–H and O–H groups in total. The van der Waals surface area contributed by atoms with Crippen LogP contribution in [0.1, 0.15) is 68.0 Å². The number of aromatic nitrogens is 1. The lowest BCUT2D eigenvalue weighted by atomic mass is 9.89. The number of carbonyl (C=O) groups is 2. The van der Waals surface area contributed by atoms with Crippen LogP contribution < -0.4 is 10.6 Å². The third-order valence-electron chi connectivity index (χ3n) is 6.00. The van der Waals surface area contributed by atoms with Crippen molar-refractivity contribution in [2.75, 3.05) is 6.54 Å². The molecule has 0 spiro atoms. The van der Waals surface area contributed by atoms with Gasteiger partial charge in [0.25, 0.3) is 0 Å². The maximum Gasteiger partial charge on any atom is 0.223 e. The van der Waals surface area contributed by atoms with E-state index in [1.807, 2.05) is 0 Å². The van der Waals surface area contributed by atoms with Crippen molar-refractivity contribution in [3.05, 3.63) is 40.7 Å². The molecule has 2 aliphatic carbocycles. The fraction of sp³-hybridized carbons (Fsp3) is 0.522. The summed E-state index contributed by atoms with van der Waals surface area (Å²) in [7, 11) is 0. The summed E-state index contributed by atoms with van der Waals surface area (Å²) < 4.78 is 13.2. The maximum atomic E-state index is 13.2. The molecule has 7 heteroatoms. The first-order valence-electron chi connectivity index (χ1n) is 10.9. The van der Waals surface area contributed by atoms with E-state index in [9.17, 15) is 14.0 Å². The van der Waals surface area contributed by atoms with Gasteiger partial charge in [0.2, 0.25) is 11.8 Å². The van der Waals surface area contributed by atoms with Gasteiger partial charge in [0, 0.05) is 24.4 Å². The highest BCUT2D eigenvalue weighted by molar-refractivity contribution is 7.15. The van der Waals surface area contributed by atoms with E-state index in [2.05, 4.69) is 10.6 Å². The number of fused-ring (bicyclic) bond motifs is 1. The first-order valence-corrected chi connectivity index (χ1v) is 11.7. The van der Waals surface area contributed by atoms with E-state index in [1.54, 1.807) is 23.5 Å². The van der Waals surface area contributed by atoms with Crippen molar-refractivity contribution in [2.24, 2.45) is 5.92 Å². The highest BCUT2D eigenvalue weighted by Gasteiger charge is 2.26. The lowest BCUT2D eigenvalue weighted by Crippen LogP contribution is -2.36. The van der Waals surface area contributed by atoms with Crippen LogP contribution in [-0.4, -0.2) is 23.3 Å². The van der Waals surface area contributed by atoms with Gasteiger partial charge in [0.05, 0.1) is 16.6 Å². The number of aryl methyl sites for hydroxylation is 1. The molecule has 2 aromatic rings. The second-order valence-corrected chi connectivity index (χ2v) is 9.26. The minimum atomic E-state index is -0.263. The van der Waals surface area contributed by atoms with E-state index in [-0.39, 0.29) is 36.0 Å². The first kappa shape index (κ1) is 21.0. The van der Waals surface area contributed by atoms with Crippen molar-refractivity contribution in [2.45, 2.75) is 63.8 Å². The zero-order chi connectivity index (χ0) is 20.9. The molecule has 160 valence electrons. The van der Waals surface area contributed by atoms with Gasteiger partial charge in [0.15, 0.2) is 0 Å². The largest absolute Gasteiger partial charge is 0.355 e. The number of amides is 2. The second-order valence-electron chi connectivity index (χ2n) is 8.23. The van der Waals surface area contributed by atoms with Crippen molar-refractivity contribution < 1.29 is 14.0 Å². The van der Waals surface area contributed by atoms with E-state index in [1.165, 1.54) is 18.6 Å². The molecule has 1 unspecified atom stereocenters. The van der Waals surface area contributed by atoms with Crippen molar-refractivity contribution in [3.8, 4) is 10.6 Å². The minimum absolute atomic E-state index is 0.0398. The Balaban J connectivity index is 1.31. The van der Waals surface area contributed by atoms with Gasteiger partial charge < -0.3 is 10.6 Å². The number of nitrogens with zero attached hydrogens (tertiary/aromatic N) is 1. The van der Waals surface area contributed by atoms with Crippen molar-refractivity contribution in [3.63, 3.8) is 0 Å². The number of carbonyl (C=O) groups excluding carboxylic acids is 2. The molecule has 1 heterocycles. The molecule has 4 rings (SSSR count). The Bertz CT molecular complexity index is 890. The Morgan fingerprint density at radius 1 is 1.07 bits per heavy atom. The van der Waals surface area contributed by atoms with Crippen molar-refractivity contribution in [1.29, 1.82) is 0 Å². The van der Waals surface area contributed by atoms with Crippen LogP contribution in [0, 0.1) is 11.7 Å². The Hall–Kier alpha value is -2.28. The number of thiazole rings is 1. The summed E-state index contributed by atoms with van der Waals surface area (Å²) in [5.74, 6) is -0.104. The molecule has 2 aliphatic rings. The van der Waals surface area contributed by atoms with Gasteiger partial charge in [0.1, 0.15) is 10.8 Å². The average molecular weight is 430 g/mol. The third-order valence-corrected chi connectivity index (χ3v) is 7.26. The van der Waals surface area contributed by atoms with Crippen LogP contribution in [0.4, 0.5) is 4.39 Å². The highest BCUT2D eigenvalue weighted by atomic mass is 32.1. The van der Waals surface area contributed by atoms with Gasteiger partial charge >= 0.3 is 0 Å². The molecule has 1 saturated carbocycles. The molecule has 5 nitrogen and oxygen atoms in total. The van der Waals surface area contributed by atoms with Gasteiger partial charge in [-0.05, 0) is 56.4 Å². The number of nitrogens with one attached hydrogen (secondary N) is 2. The average Bonchev–Trinajstić information content (AvgIpc) is 3.20. The molecule has 0 bridgehead atoms. The molecular formula is C23H28FN3O2S. The molecule has 0 aliphatic heterocycles. The molecule has 1 fully saturated rings. The summed E-state index contributed by atoms with van der Waals surface area (Å²) in [5, 5.41) is 6.91. The van der Waals surface area contributed by atoms with E-state index >= 15 is 0 Å². The quantitative estimate of drug-likeness (QED) is 0.709. The Morgan fingerprint density at radius 2 is 1.83 bits per heavy atom. The lowest BCUT2D eigenvalue weighted by Gasteiger charge is -2.23. The first-order chi connectivity index (χ1) is 14.6. The van der Waals surface area contributed by atoms with E-state index < -0.39 is 0 Å². The summed E-state index contributed by atoms with van der Waals surface area (Å²) in [4.78, 5) is 30.5. The van der Waals surface area contributed by atoms with Gasteiger partial charge in [-0.2, -0.15) is 0 Å². The number of halogens is 1. The highest BCUT2D eigenvalue weighted by Crippen LogP contribution is 2.38. The van der Waals surface area contributed by atoms with Gasteiger partial charge in [-0.25, -0.2) is 9.37 Å². The molecule has 1 aromatic heterocycles. The standard InChI is InChI=1S/C23H28FN3O2S/c24-17-11-9-16(10-12-17)23-27-19-8-4-7-18(21(19)30-23)26-20(28)13-14-25-22(29)15-5-2-1-3-6-15/h9-12,15,18H,1-8,13-14H2,(H,25,29)(H,26,28). The summed E-state index contributed by atoms with van der Waals surface area (Å²) >= 11 is 1.57. The van der Waals surface area contributed by atoms with E-state index in [0.29, 0.717) is 6.54 Å². The van der Waals surface area contributed by atoms with Crippen LogP contribution in [0.5, 0.6) is 0 Å². The molecule has 2 amide bonds. The van der Waals surface area contributed by atoms with E-state index in [4.69, 9.17) is 4.98 Å². The normalized spacial score (nSPS) is 19.2. The van der Waals surface area contributed by atoms with Crippen LogP contribution >= 0.6 is 11.3 Å². The molecule has 1 atom stereocenters. The maximum absolute atomic E-state index is 13.2. The fourth-order valence-electron chi connectivity index (χ4n) is 4.35. The smallest absolute Gasteiger partial charge is 0.223 e. The molecule has 0 radical (unpaired) electrons. The molecule has 1 aromatic carbocycles. The molecular weight excluding hydrogens is 401 g/mol. The Kier molecular flexibility index (Phi) is 6.77. The zero-order valence-corrected chi connectivity index (χ0v) is 17.9. The molecule has 30 heavy (non-hydrogen) atoms. The summed E-state index contributed by atoms with van der Waals surface area (Å²) in [5.41, 5.74) is 1.92. The SMILES string of the molecule is O=C(CCNC(=O)C1CCCCC1)NC1CCCc2nc(-c3ccc(F)cc3)sc21. The van der Waals surface area contributed by atoms with Crippen molar-refractivity contribution in [1.82, 2.24) is 15.6 Å². The van der Waals surface area contributed by atoms with Gasteiger partial charge in [-0.15, -0.1) is 11.3 Å². The van der Waals surface area contributed by atoms with Crippen LogP contribution in [0.2, 0.25) is 0 Å².